The Balaban J connectivity index is 3.27. The highest BCUT2D eigenvalue weighted by Gasteiger charge is 2.10. The molecule has 0 saturated carbocycles. The SMILES string of the molecule is C=CCCCCCCCCCCCCCCCOC(=O)OC(C)CCCCCCCCCCC. The summed E-state index contributed by atoms with van der Waals surface area (Å²) in [5.74, 6) is 0. The lowest BCUT2D eigenvalue weighted by molar-refractivity contribution is 0.0251. The van der Waals surface area contributed by atoms with Crippen LogP contribution in [0.3, 0.4) is 0 Å². The summed E-state index contributed by atoms with van der Waals surface area (Å²) in [4.78, 5) is 11.8. The second kappa shape index (κ2) is 28.2. The molecule has 0 heterocycles. The number of rotatable bonds is 27. The zero-order valence-corrected chi connectivity index (χ0v) is 23.3. The van der Waals surface area contributed by atoms with Gasteiger partial charge in [-0.25, -0.2) is 4.79 Å². The maximum absolute atomic E-state index is 11.8. The Morgan fingerprint density at radius 2 is 1.06 bits per heavy atom. The number of carbonyl (C=O) groups excluding carboxylic acids is 1. The summed E-state index contributed by atoms with van der Waals surface area (Å²) in [6, 6.07) is 0. The average molecular weight is 481 g/mol. The molecule has 0 aromatic heterocycles. The Labute approximate surface area is 213 Å². The van der Waals surface area contributed by atoms with Crippen LogP contribution in [0, 0.1) is 0 Å². The Hall–Kier alpha value is -0.990. The van der Waals surface area contributed by atoms with Gasteiger partial charge in [-0.3, -0.25) is 0 Å². The van der Waals surface area contributed by atoms with E-state index in [1.807, 2.05) is 13.0 Å². The normalized spacial score (nSPS) is 11.9. The highest BCUT2D eigenvalue weighted by molar-refractivity contribution is 5.60. The minimum Gasteiger partial charge on any atom is -0.434 e. The van der Waals surface area contributed by atoms with E-state index in [4.69, 9.17) is 9.47 Å². The van der Waals surface area contributed by atoms with Gasteiger partial charge in [-0.2, -0.15) is 0 Å². The Morgan fingerprint density at radius 1 is 0.647 bits per heavy atom. The summed E-state index contributed by atoms with van der Waals surface area (Å²) in [5, 5.41) is 0. The standard InChI is InChI=1S/C31H60O3/c1-4-6-8-10-12-14-15-16-17-18-19-21-23-25-27-29-33-31(32)34-30(3)28-26-24-22-20-13-11-9-7-5-2/h4,30H,1,5-29H2,2-3H3. The van der Waals surface area contributed by atoms with Crippen molar-refractivity contribution in [3.8, 4) is 0 Å². The molecule has 3 heteroatoms. The topological polar surface area (TPSA) is 35.5 Å². The van der Waals surface area contributed by atoms with Crippen LogP contribution in [0.15, 0.2) is 12.7 Å². The summed E-state index contributed by atoms with van der Waals surface area (Å²) in [7, 11) is 0. The lowest BCUT2D eigenvalue weighted by Gasteiger charge is -2.13. The summed E-state index contributed by atoms with van der Waals surface area (Å²) in [5.41, 5.74) is 0. The molecule has 1 atom stereocenters. The lowest BCUT2D eigenvalue weighted by atomic mass is 10.0. The van der Waals surface area contributed by atoms with Gasteiger partial charge in [-0.1, -0.05) is 135 Å². The van der Waals surface area contributed by atoms with Crippen LogP contribution in [0.5, 0.6) is 0 Å². The molecule has 0 fully saturated rings. The second-order valence-electron chi connectivity index (χ2n) is 10.3. The molecular formula is C31H60O3. The van der Waals surface area contributed by atoms with E-state index in [0.29, 0.717) is 6.61 Å². The molecule has 1 unspecified atom stereocenters. The number of carbonyl (C=O) groups is 1. The molecule has 0 aliphatic heterocycles. The second-order valence-corrected chi connectivity index (χ2v) is 10.3. The fraction of sp³-hybridized carbons (Fsp3) is 0.903. The van der Waals surface area contributed by atoms with E-state index < -0.39 is 6.16 Å². The van der Waals surface area contributed by atoms with Crippen LogP contribution in [0.2, 0.25) is 0 Å². The van der Waals surface area contributed by atoms with Crippen molar-refractivity contribution >= 4 is 6.16 Å². The minimum atomic E-state index is -0.482. The predicted molar refractivity (Wildman–Crippen MR) is 149 cm³/mol. The van der Waals surface area contributed by atoms with E-state index >= 15 is 0 Å². The van der Waals surface area contributed by atoms with Gasteiger partial charge in [0.1, 0.15) is 6.10 Å². The van der Waals surface area contributed by atoms with Crippen molar-refractivity contribution in [3.05, 3.63) is 12.7 Å². The summed E-state index contributed by atoms with van der Waals surface area (Å²) in [6.07, 6.45) is 32.5. The van der Waals surface area contributed by atoms with E-state index in [0.717, 1.165) is 25.7 Å². The quantitative estimate of drug-likeness (QED) is 0.0666. The zero-order valence-electron chi connectivity index (χ0n) is 23.3. The highest BCUT2D eigenvalue weighted by atomic mass is 16.7. The molecule has 0 rings (SSSR count). The molecule has 0 aliphatic rings. The molecule has 3 nitrogen and oxygen atoms in total. The van der Waals surface area contributed by atoms with Crippen LogP contribution in [0.1, 0.15) is 168 Å². The van der Waals surface area contributed by atoms with Crippen molar-refractivity contribution in [3.63, 3.8) is 0 Å². The van der Waals surface area contributed by atoms with E-state index in [1.165, 1.54) is 128 Å². The fourth-order valence-corrected chi connectivity index (χ4v) is 4.49. The van der Waals surface area contributed by atoms with Gasteiger partial charge in [-0.05, 0) is 39.0 Å². The van der Waals surface area contributed by atoms with E-state index in [2.05, 4.69) is 13.5 Å². The van der Waals surface area contributed by atoms with Crippen molar-refractivity contribution < 1.29 is 14.3 Å². The lowest BCUT2D eigenvalue weighted by Crippen LogP contribution is -2.16. The highest BCUT2D eigenvalue weighted by Crippen LogP contribution is 2.14. The van der Waals surface area contributed by atoms with Gasteiger partial charge in [0.25, 0.3) is 0 Å². The number of hydrogen-bond acceptors (Lipinski definition) is 3. The van der Waals surface area contributed by atoms with Gasteiger partial charge in [0.2, 0.25) is 0 Å². The van der Waals surface area contributed by atoms with Crippen LogP contribution < -0.4 is 0 Å². The first kappa shape index (κ1) is 33.0. The smallest absolute Gasteiger partial charge is 0.434 e. The van der Waals surface area contributed by atoms with Gasteiger partial charge in [-0.15, -0.1) is 6.58 Å². The zero-order chi connectivity index (χ0) is 25.0. The van der Waals surface area contributed by atoms with Gasteiger partial charge < -0.3 is 9.47 Å². The van der Waals surface area contributed by atoms with Crippen LogP contribution in [-0.2, 0) is 9.47 Å². The van der Waals surface area contributed by atoms with Crippen molar-refractivity contribution in [1.82, 2.24) is 0 Å². The fourth-order valence-electron chi connectivity index (χ4n) is 4.49. The molecule has 0 saturated heterocycles. The van der Waals surface area contributed by atoms with Crippen molar-refractivity contribution in [2.45, 2.75) is 174 Å². The molecule has 0 aromatic rings. The van der Waals surface area contributed by atoms with Crippen molar-refractivity contribution in [1.29, 1.82) is 0 Å². The third-order valence-corrected chi connectivity index (χ3v) is 6.78. The molecule has 34 heavy (non-hydrogen) atoms. The van der Waals surface area contributed by atoms with Crippen molar-refractivity contribution in [2.75, 3.05) is 6.61 Å². The van der Waals surface area contributed by atoms with Gasteiger partial charge in [0.05, 0.1) is 6.61 Å². The predicted octanol–water partition coefficient (Wildman–Crippen LogP) is 11.1. The number of allylic oxidation sites excluding steroid dienone is 1. The van der Waals surface area contributed by atoms with E-state index in [1.54, 1.807) is 0 Å². The number of hydrogen-bond donors (Lipinski definition) is 0. The monoisotopic (exact) mass is 480 g/mol. The summed E-state index contributed by atoms with van der Waals surface area (Å²) >= 11 is 0. The van der Waals surface area contributed by atoms with Gasteiger partial charge in [0, 0.05) is 0 Å². The molecule has 0 aromatic carbocycles. The summed E-state index contributed by atoms with van der Waals surface area (Å²) < 4.78 is 10.6. The Morgan fingerprint density at radius 3 is 1.53 bits per heavy atom. The van der Waals surface area contributed by atoms with Crippen LogP contribution in [-0.4, -0.2) is 18.9 Å². The van der Waals surface area contributed by atoms with E-state index in [-0.39, 0.29) is 6.10 Å². The molecule has 202 valence electrons. The minimum absolute atomic E-state index is 0.0330. The third-order valence-electron chi connectivity index (χ3n) is 6.78. The molecule has 0 amide bonds. The molecule has 0 aliphatic carbocycles. The van der Waals surface area contributed by atoms with E-state index in [9.17, 15) is 4.79 Å². The number of unbranched alkanes of at least 4 members (excludes halogenated alkanes) is 21. The summed E-state index contributed by atoms with van der Waals surface area (Å²) in [6.45, 7) is 8.52. The molecule has 0 spiro atoms. The largest absolute Gasteiger partial charge is 0.508 e. The third kappa shape index (κ3) is 27.3. The van der Waals surface area contributed by atoms with Crippen LogP contribution in [0.25, 0.3) is 0 Å². The maximum Gasteiger partial charge on any atom is 0.508 e. The Bertz CT molecular complexity index is 421. The molecule has 0 bridgehead atoms. The van der Waals surface area contributed by atoms with Crippen molar-refractivity contribution in [2.24, 2.45) is 0 Å². The average Bonchev–Trinajstić information content (AvgIpc) is 2.82. The van der Waals surface area contributed by atoms with Gasteiger partial charge >= 0.3 is 6.16 Å². The first-order chi connectivity index (χ1) is 16.7. The first-order valence-corrected chi connectivity index (χ1v) is 15.1. The number of ether oxygens (including phenoxy) is 2. The van der Waals surface area contributed by atoms with Crippen LogP contribution >= 0.6 is 0 Å². The van der Waals surface area contributed by atoms with Gasteiger partial charge in [0.15, 0.2) is 0 Å². The first-order valence-electron chi connectivity index (χ1n) is 15.1. The molecular weight excluding hydrogens is 420 g/mol. The van der Waals surface area contributed by atoms with Crippen LogP contribution in [0.4, 0.5) is 4.79 Å². The molecule has 0 N–H and O–H groups in total. The molecule has 0 radical (unpaired) electrons. The maximum atomic E-state index is 11.8. The Kier molecular flexibility index (Phi) is 27.4.